The van der Waals surface area contributed by atoms with E-state index < -0.39 is 11.9 Å². The first-order valence-corrected chi connectivity index (χ1v) is 7.69. The fourth-order valence-corrected chi connectivity index (χ4v) is 3.51. The Labute approximate surface area is 115 Å². The summed E-state index contributed by atoms with van der Waals surface area (Å²) >= 11 is 0. The first kappa shape index (κ1) is 14.4. The van der Waals surface area contributed by atoms with Crippen molar-refractivity contribution in [3.8, 4) is 0 Å². The van der Waals surface area contributed by atoms with Crippen molar-refractivity contribution in [2.24, 2.45) is 17.8 Å². The molecule has 0 aromatic rings. The van der Waals surface area contributed by atoms with Crippen LogP contribution in [0.1, 0.15) is 57.8 Å². The minimum atomic E-state index is -0.808. The largest absolute Gasteiger partial charge is 0.481 e. The molecular weight excluding hydrogens is 242 g/mol. The molecule has 0 spiro atoms. The highest BCUT2D eigenvalue weighted by atomic mass is 16.4. The monoisotopic (exact) mass is 267 g/mol. The number of carbonyl (C=O) groups is 2. The van der Waals surface area contributed by atoms with Crippen LogP contribution in [0, 0.1) is 17.8 Å². The maximum Gasteiger partial charge on any atom is 0.307 e. The predicted octanol–water partition coefficient (Wildman–Crippen LogP) is 2.57. The van der Waals surface area contributed by atoms with Crippen molar-refractivity contribution in [3.05, 3.63) is 0 Å². The van der Waals surface area contributed by atoms with Gasteiger partial charge in [0.05, 0.1) is 11.8 Å². The van der Waals surface area contributed by atoms with Crippen LogP contribution in [0.4, 0.5) is 0 Å². The topological polar surface area (TPSA) is 66.4 Å². The van der Waals surface area contributed by atoms with Gasteiger partial charge in [0.15, 0.2) is 0 Å². The average molecular weight is 267 g/mol. The van der Waals surface area contributed by atoms with E-state index in [0.717, 1.165) is 25.8 Å². The maximum absolute atomic E-state index is 12.2. The van der Waals surface area contributed by atoms with E-state index in [2.05, 4.69) is 5.32 Å². The SMILES string of the molecule is O=C(NCC1CCCCC1)[C@H]1CCCC[C@H]1C(=O)O. The van der Waals surface area contributed by atoms with Crippen molar-refractivity contribution < 1.29 is 14.7 Å². The summed E-state index contributed by atoms with van der Waals surface area (Å²) in [5.74, 6) is -1.02. The van der Waals surface area contributed by atoms with Gasteiger partial charge in [-0.3, -0.25) is 9.59 Å². The Morgan fingerprint density at radius 3 is 2.11 bits per heavy atom. The van der Waals surface area contributed by atoms with Gasteiger partial charge in [-0.15, -0.1) is 0 Å². The second kappa shape index (κ2) is 6.92. The third kappa shape index (κ3) is 3.95. The molecule has 0 aromatic carbocycles. The lowest BCUT2D eigenvalue weighted by molar-refractivity contribution is -0.149. The molecule has 4 nitrogen and oxygen atoms in total. The molecule has 2 atom stereocenters. The summed E-state index contributed by atoms with van der Waals surface area (Å²) in [6, 6.07) is 0. The Morgan fingerprint density at radius 2 is 1.47 bits per heavy atom. The van der Waals surface area contributed by atoms with Gasteiger partial charge in [0.25, 0.3) is 0 Å². The number of aliphatic carboxylic acids is 1. The van der Waals surface area contributed by atoms with E-state index in [1.807, 2.05) is 0 Å². The molecule has 1 amide bonds. The summed E-state index contributed by atoms with van der Waals surface area (Å²) in [6.07, 6.45) is 9.54. The molecular formula is C15H25NO3. The molecule has 0 heterocycles. The Hall–Kier alpha value is -1.06. The Balaban J connectivity index is 1.81. The number of carboxylic acid groups (broad SMARTS) is 1. The molecule has 0 aromatic heterocycles. The van der Waals surface area contributed by atoms with Crippen molar-refractivity contribution >= 4 is 11.9 Å². The van der Waals surface area contributed by atoms with Gasteiger partial charge in [0.2, 0.25) is 5.91 Å². The molecule has 2 rings (SSSR count). The Bertz CT molecular complexity index is 323. The highest BCUT2D eigenvalue weighted by Crippen LogP contribution is 2.30. The molecule has 2 aliphatic carbocycles. The zero-order valence-electron chi connectivity index (χ0n) is 11.6. The van der Waals surface area contributed by atoms with E-state index in [9.17, 15) is 14.7 Å². The van der Waals surface area contributed by atoms with Crippen LogP contribution >= 0.6 is 0 Å². The fraction of sp³-hybridized carbons (Fsp3) is 0.867. The summed E-state index contributed by atoms with van der Waals surface area (Å²) in [5.41, 5.74) is 0. The quantitative estimate of drug-likeness (QED) is 0.822. The van der Waals surface area contributed by atoms with Gasteiger partial charge >= 0.3 is 5.97 Å². The molecule has 0 aliphatic heterocycles. The van der Waals surface area contributed by atoms with E-state index >= 15 is 0 Å². The summed E-state index contributed by atoms with van der Waals surface area (Å²) in [7, 11) is 0. The van der Waals surface area contributed by atoms with Crippen molar-refractivity contribution in [1.29, 1.82) is 0 Å². The van der Waals surface area contributed by atoms with Gasteiger partial charge < -0.3 is 10.4 Å². The molecule has 2 aliphatic rings. The minimum absolute atomic E-state index is 0.0299. The van der Waals surface area contributed by atoms with E-state index in [1.165, 1.54) is 32.1 Å². The van der Waals surface area contributed by atoms with E-state index in [4.69, 9.17) is 0 Å². The Morgan fingerprint density at radius 1 is 0.895 bits per heavy atom. The molecule has 0 bridgehead atoms. The molecule has 0 unspecified atom stereocenters. The highest BCUT2D eigenvalue weighted by molar-refractivity contribution is 5.84. The zero-order valence-corrected chi connectivity index (χ0v) is 11.6. The molecule has 0 radical (unpaired) electrons. The number of rotatable bonds is 4. The second-order valence-electron chi connectivity index (χ2n) is 6.08. The van der Waals surface area contributed by atoms with Gasteiger partial charge in [0.1, 0.15) is 0 Å². The zero-order chi connectivity index (χ0) is 13.7. The third-order valence-electron chi connectivity index (χ3n) is 4.71. The van der Waals surface area contributed by atoms with Crippen LogP contribution in [-0.4, -0.2) is 23.5 Å². The molecule has 108 valence electrons. The molecule has 2 saturated carbocycles. The number of hydrogen-bond donors (Lipinski definition) is 2. The molecule has 4 heteroatoms. The number of carboxylic acids is 1. The molecule has 0 saturated heterocycles. The number of hydrogen-bond acceptors (Lipinski definition) is 2. The summed E-state index contributed by atoms with van der Waals surface area (Å²) in [5, 5.41) is 12.2. The van der Waals surface area contributed by atoms with Gasteiger partial charge in [0, 0.05) is 6.54 Å². The van der Waals surface area contributed by atoms with Gasteiger partial charge in [-0.2, -0.15) is 0 Å². The normalized spacial score (nSPS) is 28.8. The lowest BCUT2D eigenvalue weighted by Crippen LogP contribution is -2.41. The predicted molar refractivity (Wildman–Crippen MR) is 72.7 cm³/mol. The van der Waals surface area contributed by atoms with Gasteiger partial charge in [-0.25, -0.2) is 0 Å². The molecule has 2 fully saturated rings. The van der Waals surface area contributed by atoms with E-state index in [1.54, 1.807) is 0 Å². The number of nitrogens with one attached hydrogen (secondary N) is 1. The van der Waals surface area contributed by atoms with Crippen LogP contribution in [0.25, 0.3) is 0 Å². The average Bonchev–Trinajstić information content (AvgIpc) is 2.46. The van der Waals surface area contributed by atoms with Crippen molar-refractivity contribution in [2.45, 2.75) is 57.8 Å². The Kier molecular flexibility index (Phi) is 5.23. The van der Waals surface area contributed by atoms with E-state index in [0.29, 0.717) is 12.3 Å². The van der Waals surface area contributed by atoms with Gasteiger partial charge in [-0.05, 0) is 31.6 Å². The fourth-order valence-electron chi connectivity index (χ4n) is 3.51. The first-order chi connectivity index (χ1) is 9.18. The molecule has 19 heavy (non-hydrogen) atoms. The van der Waals surface area contributed by atoms with Gasteiger partial charge in [-0.1, -0.05) is 32.1 Å². The van der Waals surface area contributed by atoms with Crippen LogP contribution in [0.2, 0.25) is 0 Å². The summed E-state index contributed by atoms with van der Waals surface area (Å²) in [4.78, 5) is 23.4. The standard InChI is InChI=1S/C15H25NO3/c17-14(16-10-11-6-2-1-3-7-11)12-8-4-5-9-13(12)15(18)19/h11-13H,1-10H2,(H,16,17)(H,18,19)/t12-,13+/m0/s1. The lowest BCUT2D eigenvalue weighted by Gasteiger charge is -2.29. The van der Waals surface area contributed by atoms with Crippen LogP contribution in [0.5, 0.6) is 0 Å². The summed E-state index contributed by atoms with van der Waals surface area (Å²) in [6.45, 7) is 0.738. The van der Waals surface area contributed by atoms with Crippen molar-refractivity contribution in [1.82, 2.24) is 5.32 Å². The number of amides is 1. The van der Waals surface area contributed by atoms with Crippen molar-refractivity contribution in [3.63, 3.8) is 0 Å². The lowest BCUT2D eigenvalue weighted by atomic mass is 9.78. The molecule has 2 N–H and O–H groups in total. The second-order valence-corrected chi connectivity index (χ2v) is 6.08. The highest BCUT2D eigenvalue weighted by Gasteiger charge is 2.35. The smallest absolute Gasteiger partial charge is 0.307 e. The summed E-state index contributed by atoms with van der Waals surface area (Å²) < 4.78 is 0. The van der Waals surface area contributed by atoms with Crippen LogP contribution in [-0.2, 0) is 9.59 Å². The third-order valence-corrected chi connectivity index (χ3v) is 4.71. The van der Waals surface area contributed by atoms with Crippen LogP contribution in [0.15, 0.2) is 0 Å². The van der Waals surface area contributed by atoms with Crippen LogP contribution in [0.3, 0.4) is 0 Å². The van der Waals surface area contributed by atoms with E-state index in [-0.39, 0.29) is 11.8 Å². The number of carbonyl (C=O) groups excluding carboxylic acids is 1. The van der Waals surface area contributed by atoms with Crippen LogP contribution < -0.4 is 5.32 Å². The van der Waals surface area contributed by atoms with Crippen molar-refractivity contribution in [2.75, 3.05) is 6.54 Å². The minimum Gasteiger partial charge on any atom is -0.481 e. The maximum atomic E-state index is 12.2. The first-order valence-electron chi connectivity index (χ1n) is 7.69.